The van der Waals surface area contributed by atoms with Gasteiger partial charge in [-0.2, -0.15) is 5.10 Å². The number of nitrogens with zero attached hydrogens (tertiary/aromatic N) is 2. The van der Waals surface area contributed by atoms with Gasteiger partial charge in [-0.05, 0) is 44.9 Å². The normalized spacial score (nSPS) is 12.6. The lowest BCUT2D eigenvalue weighted by Crippen LogP contribution is -2.12. The standard InChI is InChI=1S/C21H31ClN2O3/c1-6-16(7-2)13-27-19-10-9-18(22)11-17(19)12-24-15(5)20(14(4)23-24)21(25)26-8-3/h9-11,16,21,25H,6-8,12-13H2,1-5H3. The van der Waals surface area contributed by atoms with Crippen LogP contribution in [-0.2, 0) is 11.3 Å². The number of aromatic nitrogens is 2. The highest BCUT2D eigenvalue weighted by Crippen LogP contribution is 2.28. The molecule has 0 amide bonds. The Balaban J connectivity index is 2.26. The van der Waals surface area contributed by atoms with E-state index in [1.165, 1.54) is 0 Å². The van der Waals surface area contributed by atoms with Gasteiger partial charge in [0, 0.05) is 22.9 Å². The zero-order valence-corrected chi connectivity index (χ0v) is 17.7. The molecule has 150 valence electrons. The van der Waals surface area contributed by atoms with Crippen LogP contribution in [0.5, 0.6) is 5.75 Å². The van der Waals surface area contributed by atoms with Crippen LogP contribution >= 0.6 is 11.6 Å². The molecule has 5 nitrogen and oxygen atoms in total. The fourth-order valence-electron chi connectivity index (χ4n) is 3.17. The number of aryl methyl sites for hydroxylation is 1. The lowest BCUT2D eigenvalue weighted by Gasteiger charge is -2.17. The molecule has 0 fully saturated rings. The van der Waals surface area contributed by atoms with Crippen molar-refractivity contribution in [3.63, 3.8) is 0 Å². The summed E-state index contributed by atoms with van der Waals surface area (Å²) in [7, 11) is 0. The highest BCUT2D eigenvalue weighted by Gasteiger charge is 2.20. The summed E-state index contributed by atoms with van der Waals surface area (Å²) in [6.45, 7) is 11.7. The molecule has 2 rings (SSSR count). The maximum Gasteiger partial charge on any atom is 0.184 e. The molecule has 0 aliphatic carbocycles. The van der Waals surface area contributed by atoms with Gasteiger partial charge in [0.25, 0.3) is 0 Å². The molecule has 2 aromatic rings. The molecular weight excluding hydrogens is 364 g/mol. The molecular formula is C21H31ClN2O3. The predicted molar refractivity (Wildman–Crippen MR) is 108 cm³/mol. The van der Waals surface area contributed by atoms with E-state index in [1.807, 2.05) is 43.7 Å². The van der Waals surface area contributed by atoms with E-state index in [4.69, 9.17) is 21.1 Å². The largest absolute Gasteiger partial charge is 0.493 e. The van der Waals surface area contributed by atoms with Crippen LogP contribution in [0.3, 0.4) is 0 Å². The van der Waals surface area contributed by atoms with Crippen molar-refractivity contribution in [2.75, 3.05) is 13.2 Å². The highest BCUT2D eigenvalue weighted by molar-refractivity contribution is 6.30. The molecule has 1 heterocycles. The van der Waals surface area contributed by atoms with Gasteiger partial charge in [0.15, 0.2) is 6.29 Å². The number of aliphatic hydroxyl groups excluding tert-OH is 1. The summed E-state index contributed by atoms with van der Waals surface area (Å²) in [5.41, 5.74) is 3.32. The van der Waals surface area contributed by atoms with Crippen LogP contribution in [0, 0.1) is 19.8 Å². The second kappa shape index (κ2) is 10.1. The fraction of sp³-hybridized carbons (Fsp3) is 0.571. The second-order valence-corrected chi connectivity index (χ2v) is 7.23. The first kappa shape index (κ1) is 21.7. The molecule has 0 aliphatic heterocycles. The Morgan fingerprint density at radius 2 is 1.89 bits per heavy atom. The minimum absolute atomic E-state index is 0.438. The van der Waals surface area contributed by atoms with E-state index in [9.17, 15) is 5.11 Å². The lowest BCUT2D eigenvalue weighted by molar-refractivity contribution is -0.0987. The van der Waals surface area contributed by atoms with E-state index in [0.717, 1.165) is 41.1 Å². The Bertz CT molecular complexity index is 741. The van der Waals surface area contributed by atoms with Gasteiger partial charge < -0.3 is 14.6 Å². The average Bonchev–Trinajstić information content (AvgIpc) is 2.91. The molecule has 1 aromatic carbocycles. The molecule has 1 aromatic heterocycles. The van der Waals surface area contributed by atoms with E-state index < -0.39 is 6.29 Å². The van der Waals surface area contributed by atoms with Crippen LogP contribution in [-0.4, -0.2) is 28.1 Å². The van der Waals surface area contributed by atoms with E-state index in [0.29, 0.717) is 30.7 Å². The number of hydrogen-bond acceptors (Lipinski definition) is 4. The van der Waals surface area contributed by atoms with E-state index in [2.05, 4.69) is 18.9 Å². The van der Waals surface area contributed by atoms with Gasteiger partial charge in [-0.1, -0.05) is 38.3 Å². The number of benzene rings is 1. The molecule has 1 unspecified atom stereocenters. The third kappa shape index (κ3) is 5.47. The summed E-state index contributed by atoms with van der Waals surface area (Å²) >= 11 is 6.22. The van der Waals surface area contributed by atoms with Crippen molar-refractivity contribution in [3.05, 3.63) is 45.7 Å². The maximum absolute atomic E-state index is 10.2. The molecule has 6 heteroatoms. The van der Waals surface area contributed by atoms with Gasteiger partial charge in [0.1, 0.15) is 5.75 Å². The van der Waals surface area contributed by atoms with Crippen molar-refractivity contribution in [1.82, 2.24) is 9.78 Å². The SMILES string of the molecule is CCOC(O)c1c(C)nn(Cc2cc(Cl)ccc2OCC(CC)CC)c1C. The first-order valence-electron chi connectivity index (χ1n) is 9.65. The molecule has 1 N–H and O–H groups in total. The van der Waals surface area contributed by atoms with Gasteiger partial charge in [-0.25, -0.2) is 0 Å². The highest BCUT2D eigenvalue weighted by atomic mass is 35.5. The summed E-state index contributed by atoms with van der Waals surface area (Å²) in [5, 5.41) is 15.5. The summed E-state index contributed by atoms with van der Waals surface area (Å²) in [6.07, 6.45) is 1.22. The third-order valence-electron chi connectivity index (χ3n) is 4.98. The number of ether oxygens (including phenoxy) is 2. The summed E-state index contributed by atoms with van der Waals surface area (Å²) < 4.78 is 13.3. The quantitative estimate of drug-likeness (QED) is 0.573. The number of halogens is 1. The Labute approximate surface area is 167 Å². The number of aliphatic hydroxyl groups is 1. The molecule has 27 heavy (non-hydrogen) atoms. The fourth-order valence-corrected chi connectivity index (χ4v) is 3.36. The Morgan fingerprint density at radius 3 is 2.52 bits per heavy atom. The van der Waals surface area contributed by atoms with Crippen molar-refractivity contribution >= 4 is 11.6 Å². The van der Waals surface area contributed by atoms with Crippen LogP contribution < -0.4 is 4.74 Å². The first-order chi connectivity index (χ1) is 12.9. The number of hydrogen-bond donors (Lipinski definition) is 1. The monoisotopic (exact) mass is 394 g/mol. The molecule has 0 spiro atoms. The van der Waals surface area contributed by atoms with E-state index >= 15 is 0 Å². The van der Waals surface area contributed by atoms with Gasteiger partial charge >= 0.3 is 0 Å². The summed E-state index contributed by atoms with van der Waals surface area (Å²) in [4.78, 5) is 0. The van der Waals surface area contributed by atoms with Gasteiger partial charge in [0.2, 0.25) is 0 Å². The Kier molecular flexibility index (Phi) is 8.14. The van der Waals surface area contributed by atoms with Crippen LogP contribution in [0.2, 0.25) is 5.02 Å². The molecule has 0 bridgehead atoms. The second-order valence-electron chi connectivity index (χ2n) is 6.80. The zero-order chi connectivity index (χ0) is 20.0. The van der Waals surface area contributed by atoms with E-state index in [1.54, 1.807) is 0 Å². The van der Waals surface area contributed by atoms with Crippen LogP contribution in [0.4, 0.5) is 0 Å². The smallest absolute Gasteiger partial charge is 0.184 e. The Hall–Kier alpha value is -1.56. The van der Waals surface area contributed by atoms with Crippen molar-refractivity contribution in [3.8, 4) is 5.75 Å². The number of rotatable bonds is 10. The van der Waals surface area contributed by atoms with Crippen molar-refractivity contribution in [2.45, 2.75) is 60.3 Å². The maximum atomic E-state index is 10.2. The van der Waals surface area contributed by atoms with Gasteiger partial charge in [-0.3, -0.25) is 4.68 Å². The van der Waals surface area contributed by atoms with Crippen molar-refractivity contribution < 1.29 is 14.6 Å². The minimum atomic E-state index is -0.964. The van der Waals surface area contributed by atoms with Gasteiger partial charge in [-0.15, -0.1) is 0 Å². The van der Waals surface area contributed by atoms with Crippen molar-refractivity contribution in [1.29, 1.82) is 0 Å². The van der Waals surface area contributed by atoms with Crippen molar-refractivity contribution in [2.24, 2.45) is 5.92 Å². The predicted octanol–water partition coefficient (Wildman–Crippen LogP) is 5.04. The Morgan fingerprint density at radius 1 is 1.19 bits per heavy atom. The topological polar surface area (TPSA) is 56.5 Å². The minimum Gasteiger partial charge on any atom is -0.493 e. The average molecular weight is 395 g/mol. The molecule has 0 radical (unpaired) electrons. The molecule has 1 atom stereocenters. The third-order valence-corrected chi connectivity index (χ3v) is 5.22. The van der Waals surface area contributed by atoms with Crippen LogP contribution in [0.25, 0.3) is 0 Å². The molecule has 0 saturated heterocycles. The zero-order valence-electron chi connectivity index (χ0n) is 17.0. The van der Waals surface area contributed by atoms with E-state index in [-0.39, 0.29) is 0 Å². The summed E-state index contributed by atoms with van der Waals surface area (Å²) in [5.74, 6) is 1.36. The first-order valence-corrected chi connectivity index (χ1v) is 10.0. The van der Waals surface area contributed by atoms with Crippen LogP contribution in [0.15, 0.2) is 18.2 Å². The summed E-state index contributed by atoms with van der Waals surface area (Å²) in [6, 6.07) is 5.68. The molecule has 0 aliphatic rings. The van der Waals surface area contributed by atoms with Crippen LogP contribution in [0.1, 0.15) is 62.4 Å². The lowest BCUT2D eigenvalue weighted by atomic mass is 10.1. The molecule has 0 saturated carbocycles. The van der Waals surface area contributed by atoms with Gasteiger partial charge in [0.05, 0.1) is 24.4 Å².